The van der Waals surface area contributed by atoms with Crippen LogP contribution in [0.25, 0.3) is 0 Å². The molecule has 0 aromatic heterocycles. The van der Waals surface area contributed by atoms with Gasteiger partial charge in [-0.05, 0) is 18.2 Å². The second kappa shape index (κ2) is 6.70. The van der Waals surface area contributed by atoms with Crippen LogP contribution in [0.4, 0.5) is 0 Å². The lowest BCUT2D eigenvalue weighted by molar-refractivity contribution is 0.0696. The number of hydrogen-bond donors (Lipinski definition) is 1. The fourth-order valence-corrected chi connectivity index (χ4v) is 0.969. The molecule has 0 radical (unpaired) electrons. The van der Waals surface area contributed by atoms with Crippen molar-refractivity contribution >= 4 is 5.97 Å². The second-order valence-electron chi connectivity index (χ2n) is 2.37. The number of carboxylic acids is 1. The molecule has 0 fully saturated rings. The minimum atomic E-state index is -0.985. The Hall–Kier alpha value is -1.71. The van der Waals surface area contributed by atoms with E-state index in [4.69, 9.17) is 14.6 Å². The van der Waals surface area contributed by atoms with Gasteiger partial charge in [-0.2, -0.15) is 0 Å². The standard InChI is InChI=1S/C9H10O4.C2H6/c1-12-7-4-3-6(9(10)11)5-8(7)13-2;1-2/h3-5H,1-2H3,(H,10,11);1-2H3. The lowest BCUT2D eigenvalue weighted by atomic mass is 10.2. The van der Waals surface area contributed by atoms with Crippen molar-refractivity contribution in [3.8, 4) is 11.5 Å². The number of methoxy groups -OCH3 is 2. The highest BCUT2D eigenvalue weighted by molar-refractivity contribution is 5.88. The predicted octanol–water partition coefficient (Wildman–Crippen LogP) is 2.43. The summed E-state index contributed by atoms with van der Waals surface area (Å²) in [6.07, 6.45) is 0. The van der Waals surface area contributed by atoms with Gasteiger partial charge in [0.1, 0.15) is 0 Å². The Morgan fingerprint density at radius 2 is 1.67 bits per heavy atom. The monoisotopic (exact) mass is 212 g/mol. The maximum absolute atomic E-state index is 10.6. The van der Waals surface area contributed by atoms with E-state index in [-0.39, 0.29) is 5.56 Å². The topological polar surface area (TPSA) is 55.8 Å². The second-order valence-corrected chi connectivity index (χ2v) is 2.37. The van der Waals surface area contributed by atoms with E-state index in [1.807, 2.05) is 13.8 Å². The first kappa shape index (κ1) is 13.3. The van der Waals surface area contributed by atoms with E-state index < -0.39 is 5.97 Å². The number of ether oxygens (including phenoxy) is 2. The van der Waals surface area contributed by atoms with E-state index in [1.165, 1.54) is 26.4 Å². The van der Waals surface area contributed by atoms with Crippen LogP contribution in [0.2, 0.25) is 0 Å². The fourth-order valence-electron chi connectivity index (χ4n) is 0.969. The molecule has 0 unspecified atom stereocenters. The van der Waals surface area contributed by atoms with Crippen LogP contribution in [0.15, 0.2) is 18.2 Å². The van der Waals surface area contributed by atoms with Crippen molar-refractivity contribution in [1.29, 1.82) is 0 Å². The van der Waals surface area contributed by atoms with E-state index in [1.54, 1.807) is 6.07 Å². The maximum atomic E-state index is 10.6. The molecule has 0 spiro atoms. The van der Waals surface area contributed by atoms with Gasteiger partial charge >= 0.3 is 5.97 Å². The summed E-state index contributed by atoms with van der Waals surface area (Å²) in [5, 5.41) is 8.67. The summed E-state index contributed by atoms with van der Waals surface area (Å²) in [6.45, 7) is 4.00. The molecule has 4 heteroatoms. The molecule has 0 amide bonds. The molecule has 1 N–H and O–H groups in total. The van der Waals surface area contributed by atoms with Gasteiger partial charge in [-0.1, -0.05) is 13.8 Å². The summed E-state index contributed by atoms with van der Waals surface area (Å²) in [5.74, 6) is -0.0455. The number of benzene rings is 1. The smallest absolute Gasteiger partial charge is 0.335 e. The van der Waals surface area contributed by atoms with Crippen molar-refractivity contribution in [2.24, 2.45) is 0 Å². The highest BCUT2D eigenvalue weighted by Gasteiger charge is 2.08. The van der Waals surface area contributed by atoms with Crippen LogP contribution in [0.5, 0.6) is 11.5 Å². The lowest BCUT2D eigenvalue weighted by Crippen LogP contribution is -1.98. The van der Waals surface area contributed by atoms with E-state index in [9.17, 15) is 4.79 Å². The molecule has 0 atom stereocenters. The van der Waals surface area contributed by atoms with Gasteiger partial charge in [-0.15, -0.1) is 0 Å². The first-order valence-corrected chi connectivity index (χ1v) is 4.64. The Balaban J connectivity index is 0.000000921. The predicted molar refractivity (Wildman–Crippen MR) is 57.9 cm³/mol. The minimum Gasteiger partial charge on any atom is -0.493 e. The molecule has 0 heterocycles. The van der Waals surface area contributed by atoms with E-state index in [0.717, 1.165) is 0 Å². The van der Waals surface area contributed by atoms with Crippen LogP contribution in [0.3, 0.4) is 0 Å². The van der Waals surface area contributed by atoms with Crippen LogP contribution >= 0.6 is 0 Å². The van der Waals surface area contributed by atoms with Crippen LogP contribution in [0, 0.1) is 0 Å². The van der Waals surface area contributed by atoms with Crippen LogP contribution < -0.4 is 9.47 Å². The summed E-state index contributed by atoms with van der Waals surface area (Å²) >= 11 is 0. The minimum absolute atomic E-state index is 0.178. The van der Waals surface area contributed by atoms with E-state index in [0.29, 0.717) is 11.5 Å². The number of rotatable bonds is 3. The van der Waals surface area contributed by atoms with Gasteiger partial charge in [0.2, 0.25) is 0 Å². The van der Waals surface area contributed by atoms with Gasteiger partial charge in [-0.3, -0.25) is 0 Å². The summed E-state index contributed by atoms with van der Waals surface area (Å²) in [6, 6.07) is 4.44. The summed E-state index contributed by atoms with van der Waals surface area (Å²) < 4.78 is 9.89. The molecule has 0 saturated heterocycles. The third-order valence-electron chi connectivity index (χ3n) is 1.63. The van der Waals surface area contributed by atoms with Gasteiger partial charge in [-0.25, -0.2) is 4.79 Å². The van der Waals surface area contributed by atoms with Gasteiger partial charge in [0, 0.05) is 0 Å². The molecule has 0 aliphatic heterocycles. The third-order valence-corrected chi connectivity index (χ3v) is 1.63. The first-order chi connectivity index (χ1) is 7.19. The fraction of sp³-hybridized carbons (Fsp3) is 0.364. The number of carboxylic acid groups (broad SMARTS) is 1. The highest BCUT2D eigenvalue weighted by atomic mass is 16.5. The summed E-state index contributed by atoms with van der Waals surface area (Å²) in [4.78, 5) is 10.6. The van der Waals surface area contributed by atoms with Gasteiger partial charge < -0.3 is 14.6 Å². The number of hydrogen-bond acceptors (Lipinski definition) is 3. The maximum Gasteiger partial charge on any atom is 0.335 e. The van der Waals surface area contributed by atoms with Crippen molar-refractivity contribution in [3.63, 3.8) is 0 Å². The molecule has 4 nitrogen and oxygen atoms in total. The largest absolute Gasteiger partial charge is 0.493 e. The quantitative estimate of drug-likeness (QED) is 0.836. The van der Waals surface area contributed by atoms with Crippen LogP contribution in [0.1, 0.15) is 24.2 Å². The Bertz CT molecular complexity index is 320. The summed E-state index contributed by atoms with van der Waals surface area (Å²) in [5.41, 5.74) is 0.178. The van der Waals surface area contributed by atoms with Crippen molar-refractivity contribution in [1.82, 2.24) is 0 Å². The third kappa shape index (κ3) is 3.50. The van der Waals surface area contributed by atoms with Crippen LogP contribution in [-0.4, -0.2) is 25.3 Å². The normalized spacial score (nSPS) is 8.53. The Kier molecular flexibility index (Phi) is 5.94. The van der Waals surface area contributed by atoms with Crippen LogP contribution in [-0.2, 0) is 0 Å². The van der Waals surface area contributed by atoms with Crippen molar-refractivity contribution in [2.75, 3.05) is 14.2 Å². The summed E-state index contributed by atoms with van der Waals surface area (Å²) in [7, 11) is 2.96. The molecular weight excluding hydrogens is 196 g/mol. The van der Waals surface area contributed by atoms with E-state index >= 15 is 0 Å². The van der Waals surface area contributed by atoms with Gasteiger partial charge in [0.05, 0.1) is 19.8 Å². The first-order valence-electron chi connectivity index (χ1n) is 4.64. The molecule has 0 aliphatic rings. The molecule has 84 valence electrons. The molecule has 1 aromatic carbocycles. The van der Waals surface area contributed by atoms with E-state index in [2.05, 4.69) is 0 Å². The zero-order chi connectivity index (χ0) is 11.8. The average molecular weight is 212 g/mol. The van der Waals surface area contributed by atoms with Crippen molar-refractivity contribution in [2.45, 2.75) is 13.8 Å². The SMILES string of the molecule is CC.COc1ccc(C(=O)O)cc1OC. The Morgan fingerprint density at radius 1 is 1.13 bits per heavy atom. The highest BCUT2D eigenvalue weighted by Crippen LogP contribution is 2.27. The Morgan fingerprint density at radius 3 is 2.07 bits per heavy atom. The van der Waals surface area contributed by atoms with Gasteiger partial charge in [0.15, 0.2) is 11.5 Å². The molecule has 0 aliphatic carbocycles. The molecule has 1 rings (SSSR count). The molecule has 0 saturated carbocycles. The number of carbonyl (C=O) groups is 1. The Labute approximate surface area is 89.4 Å². The average Bonchev–Trinajstić information content (AvgIpc) is 2.30. The van der Waals surface area contributed by atoms with Crippen molar-refractivity contribution < 1.29 is 19.4 Å². The zero-order valence-corrected chi connectivity index (χ0v) is 9.40. The molecule has 15 heavy (non-hydrogen) atoms. The lowest BCUT2D eigenvalue weighted by Gasteiger charge is -2.07. The van der Waals surface area contributed by atoms with Gasteiger partial charge in [0.25, 0.3) is 0 Å². The molecule has 1 aromatic rings. The van der Waals surface area contributed by atoms with Crippen molar-refractivity contribution in [3.05, 3.63) is 23.8 Å². The number of aromatic carboxylic acids is 1. The molecule has 0 bridgehead atoms. The zero-order valence-electron chi connectivity index (χ0n) is 9.40. The molecular formula is C11H16O4.